The van der Waals surface area contributed by atoms with E-state index in [1.807, 2.05) is 72.8 Å². The van der Waals surface area contributed by atoms with Crippen molar-refractivity contribution in [1.29, 1.82) is 0 Å². The van der Waals surface area contributed by atoms with Crippen LogP contribution in [0.2, 0.25) is 0 Å². The Morgan fingerprint density at radius 1 is 0.882 bits per heavy atom. The molecule has 1 aliphatic heterocycles. The zero-order valence-corrected chi connectivity index (χ0v) is 19.1. The van der Waals surface area contributed by atoms with Gasteiger partial charge in [-0.25, -0.2) is 0 Å². The predicted molar refractivity (Wildman–Crippen MR) is 134 cm³/mol. The number of aliphatic hydroxyl groups is 1. The molecule has 2 heterocycles. The van der Waals surface area contributed by atoms with E-state index in [4.69, 9.17) is 9.84 Å². The Kier molecular flexibility index (Phi) is 6.11. The number of fused-ring (bicyclic) bond motifs is 1. The van der Waals surface area contributed by atoms with Gasteiger partial charge in [0.25, 0.3) is 5.91 Å². The summed E-state index contributed by atoms with van der Waals surface area (Å²) in [7, 11) is 1.62. The van der Waals surface area contributed by atoms with Crippen molar-refractivity contribution in [2.24, 2.45) is 0 Å². The van der Waals surface area contributed by atoms with E-state index in [0.717, 1.165) is 45.0 Å². The molecular weight excluding hydrogens is 424 g/mol. The number of benzene rings is 3. The number of aromatic nitrogens is 2. The van der Waals surface area contributed by atoms with Crippen LogP contribution in [-0.4, -0.2) is 34.5 Å². The van der Waals surface area contributed by atoms with Gasteiger partial charge in [-0.1, -0.05) is 78.4 Å². The molecule has 0 atom stereocenters. The van der Waals surface area contributed by atoms with Crippen molar-refractivity contribution in [1.82, 2.24) is 9.78 Å². The van der Waals surface area contributed by atoms with E-state index < -0.39 is 0 Å². The average Bonchev–Trinajstić information content (AvgIpc) is 3.28. The van der Waals surface area contributed by atoms with Crippen LogP contribution in [0, 0.1) is 0 Å². The molecule has 4 aromatic rings. The van der Waals surface area contributed by atoms with Crippen LogP contribution >= 0.6 is 0 Å². The average molecular weight is 451 g/mol. The molecule has 0 unspecified atom stereocenters. The monoisotopic (exact) mass is 450 g/mol. The third-order valence-electron chi connectivity index (χ3n) is 6.25. The number of ether oxygens (including phenoxy) is 1. The van der Waals surface area contributed by atoms with Gasteiger partial charge >= 0.3 is 0 Å². The highest BCUT2D eigenvalue weighted by Crippen LogP contribution is 2.40. The predicted octanol–water partition coefficient (Wildman–Crippen LogP) is 5.65. The minimum atomic E-state index is -0.140. The number of carbonyl (C=O) groups is 1. The summed E-state index contributed by atoms with van der Waals surface area (Å²) in [5.41, 5.74) is 7.19. The molecule has 1 aliphatic rings. The second-order valence-electron chi connectivity index (χ2n) is 8.33. The fourth-order valence-corrected chi connectivity index (χ4v) is 4.63. The molecular formula is C29H26N2O3. The normalized spacial score (nSPS) is 13.2. The SMILES string of the molecule is COc1ccc(C2=C(CCCO)Cc3c(-c4ccccc4)c(-c4ccccc4)nn3C2=O)cc1. The van der Waals surface area contributed by atoms with Gasteiger partial charge in [-0.15, -0.1) is 0 Å². The van der Waals surface area contributed by atoms with E-state index in [2.05, 4.69) is 12.1 Å². The highest BCUT2D eigenvalue weighted by Gasteiger charge is 2.32. The molecule has 3 aromatic carbocycles. The van der Waals surface area contributed by atoms with E-state index in [9.17, 15) is 9.90 Å². The van der Waals surface area contributed by atoms with Crippen molar-refractivity contribution in [2.75, 3.05) is 13.7 Å². The number of carbonyl (C=O) groups excluding carboxylic acids is 1. The summed E-state index contributed by atoms with van der Waals surface area (Å²) in [6.07, 6.45) is 1.84. The molecule has 5 heteroatoms. The largest absolute Gasteiger partial charge is 0.497 e. The molecule has 1 N–H and O–H groups in total. The van der Waals surface area contributed by atoms with Crippen LogP contribution < -0.4 is 4.74 Å². The van der Waals surface area contributed by atoms with Crippen LogP contribution in [0.5, 0.6) is 5.75 Å². The molecule has 0 amide bonds. The molecule has 0 bridgehead atoms. The molecule has 0 radical (unpaired) electrons. The quantitative estimate of drug-likeness (QED) is 0.395. The second kappa shape index (κ2) is 9.49. The highest BCUT2D eigenvalue weighted by molar-refractivity contribution is 6.23. The van der Waals surface area contributed by atoms with E-state index >= 15 is 0 Å². The smallest absolute Gasteiger partial charge is 0.279 e. The molecule has 0 saturated carbocycles. The van der Waals surface area contributed by atoms with Crippen molar-refractivity contribution in [3.63, 3.8) is 0 Å². The van der Waals surface area contributed by atoms with Gasteiger partial charge in [0.1, 0.15) is 11.4 Å². The van der Waals surface area contributed by atoms with Gasteiger partial charge in [0.15, 0.2) is 0 Å². The van der Waals surface area contributed by atoms with Crippen LogP contribution in [0.1, 0.15) is 28.9 Å². The number of allylic oxidation sites excluding steroid dienone is 2. The first kappa shape index (κ1) is 21.9. The van der Waals surface area contributed by atoms with Gasteiger partial charge in [-0.05, 0) is 36.1 Å². The topological polar surface area (TPSA) is 64.3 Å². The summed E-state index contributed by atoms with van der Waals surface area (Å²) in [6.45, 7) is 0.0770. The summed E-state index contributed by atoms with van der Waals surface area (Å²) in [4.78, 5) is 13.9. The van der Waals surface area contributed by atoms with Crippen LogP contribution in [-0.2, 0) is 6.42 Å². The number of nitrogens with zero attached hydrogens (tertiary/aromatic N) is 2. The molecule has 0 fully saturated rings. The van der Waals surface area contributed by atoms with Gasteiger partial charge in [0, 0.05) is 29.7 Å². The lowest BCUT2D eigenvalue weighted by molar-refractivity contribution is 0.0957. The molecule has 0 saturated heterocycles. The Morgan fingerprint density at radius 2 is 1.53 bits per heavy atom. The molecule has 5 rings (SSSR count). The Balaban J connectivity index is 1.70. The van der Waals surface area contributed by atoms with E-state index in [1.165, 1.54) is 0 Å². The van der Waals surface area contributed by atoms with Gasteiger partial charge in [0.05, 0.1) is 12.8 Å². The summed E-state index contributed by atoms with van der Waals surface area (Å²) in [5.74, 6) is 0.598. The summed E-state index contributed by atoms with van der Waals surface area (Å²) >= 11 is 0. The Morgan fingerprint density at radius 3 is 2.15 bits per heavy atom. The van der Waals surface area contributed by atoms with Crippen LogP contribution in [0.4, 0.5) is 0 Å². The summed E-state index contributed by atoms with van der Waals surface area (Å²) in [5, 5.41) is 14.4. The third kappa shape index (κ3) is 3.95. The Hall–Kier alpha value is -3.96. The number of hydrogen-bond donors (Lipinski definition) is 1. The van der Waals surface area contributed by atoms with Crippen molar-refractivity contribution in [3.8, 4) is 28.1 Å². The minimum Gasteiger partial charge on any atom is -0.497 e. The zero-order valence-electron chi connectivity index (χ0n) is 19.1. The molecule has 5 nitrogen and oxygen atoms in total. The van der Waals surface area contributed by atoms with Crippen LogP contribution in [0.25, 0.3) is 28.0 Å². The second-order valence-corrected chi connectivity index (χ2v) is 8.33. The fourth-order valence-electron chi connectivity index (χ4n) is 4.63. The van der Waals surface area contributed by atoms with E-state index in [0.29, 0.717) is 24.8 Å². The summed E-state index contributed by atoms with van der Waals surface area (Å²) in [6, 6.07) is 27.7. The van der Waals surface area contributed by atoms with E-state index in [-0.39, 0.29) is 12.5 Å². The van der Waals surface area contributed by atoms with Crippen molar-refractivity contribution in [3.05, 3.63) is 102 Å². The lowest BCUT2D eigenvalue weighted by Crippen LogP contribution is -2.24. The summed E-state index contributed by atoms with van der Waals surface area (Å²) < 4.78 is 6.87. The van der Waals surface area contributed by atoms with Crippen LogP contribution in [0.3, 0.4) is 0 Å². The third-order valence-corrected chi connectivity index (χ3v) is 6.25. The van der Waals surface area contributed by atoms with Gasteiger partial charge in [-0.3, -0.25) is 4.79 Å². The first-order chi connectivity index (χ1) is 16.7. The highest BCUT2D eigenvalue weighted by atomic mass is 16.5. The maximum atomic E-state index is 13.9. The minimum absolute atomic E-state index is 0.0770. The maximum absolute atomic E-state index is 13.9. The fraction of sp³-hybridized carbons (Fsp3) is 0.172. The molecule has 34 heavy (non-hydrogen) atoms. The molecule has 1 aromatic heterocycles. The van der Waals surface area contributed by atoms with Crippen LogP contribution in [0.15, 0.2) is 90.5 Å². The van der Waals surface area contributed by atoms with Gasteiger partial charge < -0.3 is 9.84 Å². The molecule has 0 aliphatic carbocycles. The van der Waals surface area contributed by atoms with Crippen molar-refractivity contribution >= 4 is 11.5 Å². The molecule has 0 spiro atoms. The first-order valence-corrected chi connectivity index (χ1v) is 11.5. The molecule has 170 valence electrons. The van der Waals surface area contributed by atoms with Crippen molar-refractivity contribution < 1.29 is 14.6 Å². The van der Waals surface area contributed by atoms with Gasteiger partial charge in [-0.2, -0.15) is 9.78 Å². The standard InChI is InChI=1S/C29H26N2O3/c1-34-24-16-14-21(15-17-24)26-23(13-8-18-32)19-25-27(20-9-4-2-5-10-20)28(30-31(25)29(26)33)22-11-6-3-7-12-22/h2-7,9-12,14-17,32H,8,13,18-19H2,1H3. The lowest BCUT2D eigenvalue weighted by atomic mass is 9.87. The number of methoxy groups -OCH3 is 1. The first-order valence-electron chi connectivity index (χ1n) is 11.5. The zero-order chi connectivity index (χ0) is 23.5. The Labute approximate surface area is 199 Å². The van der Waals surface area contributed by atoms with Gasteiger partial charge in [0.2, 0.25) is 0 Å². The number of aliphatic hydroxyl groups excluding tert-OH is 1. The Bertz CT molecular complexity index is 1340. The van der Waals surface area contributed by atoms with E-state index in [1.54, 1.807) is 11.8 Å². The maximum Gasteiger partial charge on any atom is 0.279 e. The number of rotatable bonds is 7. The lowest BCUT2D eigenvalue weighted by Gasteiger charge is -2.22. The van der Waals surface area contributed by atoms with Crippen molar-refractivity contribution in [2.45, 2.75) is 19.3 Å². The number of hydrogen-bond acceptors (Lipinski definition) is 4.